The van der Waals surface area contributed by atoms with Crippen LogP contribution in [0.15, 0.2) is 0 Å². The van der Waals surface area contributed by atoms with E-state index in [-0.39, 0.29) is 5.54 Å². The summed E-state index contributed by atoms with van der Waals surface area (Å²) in [6, 6.07) is 0. The van der Waals surface area contributed by atoms with Gasteiger partial charge in [-0.15, -0.1) is 0 Å². The van der Waals surface area contributed by atoms with E-state index in [0.717, 1.165) is 6.67 Å². The van der Waals surface area contributed by atoms with Crippen molar-refractivity contribution in [2.75, 3.05) is 20.8 Å². The second-order valence-corrected chi connectivity index (χ2v) is 3.38. The van der Waals surface area contributed by atoms with Gasteiger partial charge in [-0.3, -0.25) is 4.90 Å². The Morgan fingerprint density at radius 3 is 1.89 bits per heavy atom. The number of hydrogen-bond acceptors (Lipinski definition) is 2. The molecule has 0 heterocycles. The summed E-state index contributed by atoms with van der Waals surface area (Å²) >= 11 is 0. The third-order valence-electron chi connectivity index (χ3n) is 1.54. The molecule has 0 aliphatic heterocycles. The highest BCUT2D eigenvalue weighted by molar-refractivity contribution is 4.70. The monoisotopic (exact) mass is 130 g/mol. The lowest BCUT2D eigenvalue weighted by Gasteiger charge is -2.31. The van der Waals surface area contributed by atoms with E-state index in [2.05, 4.69) is 38.0 Å². The summed E-state index contributed by atoms with van der Waals surface area (Å²) in [5.41, 5.74) is 0.281. The van der Waals surface area contributed by atoms with Gasteiger partial charge in [-0.2, -0.15) is 0 Å². The number of rotatable bonds is 2. The SMILES string of the molecule is CNCN(C)C(C)(C)C. The van der Waals surface area contributed by atoms with Gasteiger partial charge in [0.15, 0.2) is 0 Å². The highest BCUT2D eigenvalue weighted by Crippen LogP contribution is 2.07. The zero-order valence-corrected chi connectivity index (χ0v) is 7.15. The molecule has 0 aliphatic rings. The normalized spacial score (nSPS) is 12.7. The van der Waals surface area contributed by atoms with Gasteiger partial charge in [-0.25, -0.2) is 0 Å². The summed E-state index contributed by atoms with van der Waals surface area (Å²) in [6.07, 6.45) is 0. The second kappa shape index (κ2) is 3.18. The Morgan fingerprint density at radius 2 is 1.78 bits per heavy atom. The smallest absolute Gasteiger partial charge is 0.0479 e. The van der Waals surface area contributed by atoms with E-state index in [9.17, 15) is 0 Å². The van der Waals surface area contributed by atoms with Crippen LogP contribution in [0.25, 0.3) is 0 Å². The molecule has 1 N–H and O–H groups in total. The predicted molar refractivity (Wildman–Crippen MR) is 41.4 cm³/mol. The van der Waals surface area contributed by atoms with E-state index in [0.29, 0.717) is 0 Å². The van der Waals surface area contributed by atoms with Crippen LogP contribution in [0.1, 0.15) is 20.8 Å². The zero-order valence-electron chi connectivity index (χ0n) is 7.15. The molecule has 0 radical (unpaired) electrons. The maximum atomic E-state index is 3.10. The summed E-state index contributed by atoms with van der Waals surface area (Å²) in [5.74, 6) is 0. The number of nitrogens with zero attached hydrogens (tertiary/aromatic N) is 1. The first-order chi connectivity index (χ1) is 3.98. The molecule has 0 saturated heterocycles. The van der Waals surface area contributed by atoms with Crippen molar-refractivity contribution in [3.63, 3.8) is 0 Å². The molecule has 0 bridgehead atoms. The van der Waals surface area contributed by atoms with Gasteiger partial charge in [0, 0.05) is 12.2 Å². The van der Waals surface area contributed by atoms with Crippen LogP contribution in [-0.2, 0) is 0 Å². The van der Waals surface area contributed by atoms with Crippen molar-refractivity contribution in [3.8, 4) is 0 Å². The minimum atomic E-state index is 0.281. The third-order valence-corrected chi connectivity index (χ3v) is 1.54. The molecule has 0 unspecified atom stereocenters. The third kappa shape index (κ3) is 3.49. The fourth-order valence-electron chi connectivity index (χ4n) is 0.474. The molecule has 0 aromatic carbocycles. The first-order valence-corrected chi connectivity index (χ1v) is 3.34. The highest BCUT2D eigenvalue weighted by atomic mass is 15.2. The van der Waals surface area contributed by atoms with Crippen LogP contribution in [0, 0.1) is 0 Å². The molecule has 0 atom stereocenters. The molecule has 2 heteroatoms. The molecule has 2 nitrogen and oxygen atoms in total. The van der Waals surface area contributed by atoms with Crippen LogP contribution in [0.3, 0.4) is 0 Å². The summed E-state index contributed by atoms with van der Waals surface area (Å²) in [7, 11) is 4.07. The highest BCUT2D eigenvalue weighted by Gasteiger charge is 2.14. The van der Waals surface area contributed by atoms with Gasteiger partial charge in [-0.05, 0) is 34.9 Å². The van der Waals surface area contributed by atoms with Crippen molar-refractivity contribution >= 4 is 0 Å². The van der Waals surface area contributed by atoms with E-state index in [1.54, 1.807) is 0 Å². The molecule has 0 rings (SSSR count). The Bertz CT molecular complexity index is 73.5. The summed E-state index contributed by atoms with van der Waals surface area (Å²) in [6.45, 7) is 7.54. The first kappa shape index (κ1) is 8.92. The van der Waals surface area contributed by atoms with E-state index < -0.39 is 0 Å². The molecule has 0 aromatic rings. The molecule has 9 heavy (non-hydrogen) atoms. The first-order valence-electron chi connectivity index (χ1n) is 3.34. The molecule has 0 spiro atoms. The molecular formula is C7H18N2. The summed E-state index contributed by atoms with van der Waals surface area (Å²) < 4.78 is 0. The minimum absolute atomic E-state index is 0.281. The standard InChI is InChI=1S/C7H18N2/c1-7(2,3)9(5)6-8-4/h8H,6H2,1-5H3. The van der Waals surface area contributed by atoms with Crippen molar-refractivity contribution in [3.05, 3.63) is 0 Å². The molecular weight excluding hydrogens is 112 g/mol. The van der Waals surface area contributed by atoms with Crippen molar-refractivity contribution in [1.82, 2.24) is 10.2 Å². The van der Waals surface area contributed by atoms with Crippen molar-refractivity contribution in [2.24, 2.45) is 0 Å². The fourth-order valence-corrected chi connectivity index (χ4v) is 0.474. The van der Waals surface area contributed by atoms with Crippen molar-refractivity contribution < 1.29 is 0 Å². The van der Waals surface area contributed by atoms with Gasteiger partial charge in [-0.1, -0.05) is 0 Å². The van der Waals surface area contributed by atoms with Gasteiger partial charge in [0.2, 0.25) is 0 Å². The van der Waals surface area contributed by atoms with Gasteiger partial charge in [0.1, 0.15) is 0 Å². The average Bonchev–Trinajstić information content (AvgIpc) is 1.64. The van der Waals surface area contributed by atoms with E-state index in [4.69, 9.17) is 0 Å². The van der Waals surface area contributed by atoms with Crippen molar-refractivity contribution in [1.29, 1.82) is 0 Å². The summed E-state index contributed by atoms with van der Waals surface area (Å²) in [4.78, 5) is 2.26. The van der Waals surface area contributed by atoms with Gasteiger partial charge in [0.05, 0.1) is 0 Å². The summed E-state index contributed by atoms with van der Waals surface area (Å²) in [5, 5.41) is 3.10. The Morgan fingerprint density at radius 1 is 1.33 bits per heavy atom. The van der Waals surface area contributed by atoms with Crippen LogP contribution in [0.4, 0.5) is 0 Å². The zero-order chi connectivity index (χ0) is 7.49. The fraction of sp³-hybridized carbons (Fsp3) is 1.00. The Labute approximate surface area is 58.2 Å². The molecule has 0 aromatic heterocycles. The number of hydrogen-bond donors (Lipinski definition) is 1. The largest absolute Gasteiger partial charge is 0.307 e. The Hall–Kier alpha value is -0.0800. The van der Waals surface area contributed by atoms with Crippen LogP contribution >= 0.6 is 0 Å². The van der Waals surface area contributed by atoms with Crippen LogP contribution < -0.4 is 5.32 Å². The quantitative estimate of drug-likeness (QED) is 0.559. The van der Waals surface area contributed by atoms with Gasteiger partial charge >= 0.3 is 0 Å². The molecule has 56 valence electrons. The van der Waals surface area contributed by atoms with E-state index in [1.165, 1.54) is 0 Å². The van der Waals surface area contributed by atoms with Crippen molar-refractivity contribution in [2.45, 2.75) is 26.3 Å². The Kier molecular flexibility index (Phi) is 3.15. The molecule has 0 saturated carbocycles. The predicted octanol–water partition coefficient (Wildman–Crippen LogP) is 0.894. The molecule has 0 amide bonds. The Balaban J connectivity index is 3.59. The molecule has 0 fully saturated rings. The van der Waals surface area contributed by atoms with Gasteiger partial charge < -0.3 is 5.32 Å². The lowest BCUT2D eigenvalue weighted by atomic mass is 10.1. The van der Waals surface area contributed by atoms with E-state index in [1.807, 2.05) is 7.05 Å². The maximum Gasteiger partial charge on any atom is 0.0479 e. The lowest BCUT2D eigenvalue weighted by Crippen LogP contribution is -2.42. The topological polar surface area (TPSA) is 15.3 Å². The maximum absolute atomic E-state index is 3.10. The van der Waals surface area contributed by atoms with Gasteiger partial charge in [0.25, 0.3) is 0 Å². The van der Waals surface area contributed by atoms with Crippen LogP contribution in [-0.4, -0.2) is 31.2 Å². The molecule has 0 aliphatic carbocycles. The second-order valence-electron chi connectivity index (χ2n) is 3.38. The van der Waals surface area contributed by atoms with Crippen LogP contribution in [0.2, 0.25) is 0 Å². The number of nitrogens with one attached hydrogen (secondary N) is 1. The lowest BCUT2D eigenvalue weighted by molar-refractivity contribution is 0.167. The van der Waals surface area contributed by atoms with E-state index >= 15 is 0 Å². The average molecular weight is 130 g/mol. The minimum Gasteiger partial charge on any atom is -0.307 e. The van der Waals surface area contributed by atoms with Crippen LogP contribution in [0.5, 0.6) is 0 Å².